The normalized spacial score (nSPS) is 10.6. The summed E-state index contributed by atoms with van der Waals surface area (Å²) in [5, 5.41) is 9.07. The van der Waals surface area contributed by atoms with Crippen molar-refractivity contribution in [2.45, 2.75) is 30.5 Å². The van der Waals surface area contributed by atoms with Gasteiger partial charge in [0.15, 0.2) is 4.34 Å². The quantitative estimate of drug-likeness (QED) is 0.465. The topological polar surface area (TPSA) is 25.8 Å². The lowest BCUT2D eigenvalue weighted by atomic mass is 10.3. The van der Waals surface area contributed by atoms with E-state index in [0.29, 0.717) is 0 Å². The average molecular weight is 234 g/mol. The molecular formula is C8H14N2S3. The first-order valence-electron chi connectivity index (χ1n) is 4.36. The number of unbranched alkanes of at least 4 members (excludes halogenated alkanes) is 2. The SMILES string of the molecule is Cc1nnc(SCCCCCS)s1. The monoisotopic (exact) mass is 234 g/mol. The van der Waals surface area contributed by atoms with Crippen LogP contribution in [-0.2, 0) is 0 Å². The average Bonchev–Trinajstić information content (AvgIpc) is 2.51. The minimum absolute atomic E-state index is 1.00. The van der Waals surface area contributed by atoms with Crippen LogP contribution in [0, 0.1) is 6.92 Å². The summed E-state index contributed by atoms with van der Waals surface area (Å²) >= 11 is 7.66. The van der Waals surface area contributed by atoms with Gasteiger partial charge in [0.1, 0.15) is 5.01 Å². The van der Waals surface area contributed by atoms with Crippen LogP contribution in [0.3, 0.4) is 0 Å². The van der Waals surface area contributed by atoms with Crippen molar-refractivity contribution >= 4 is 35.7 Å². The standard InChI is InChI=1S/C8H14N2S3/c1-7-9-10-8(13-7)12-6-4-2-3-5-11/h11H,2-6H2,1H3. The molecule has 0 unspecified atom stereocenters. The summed E-state index contributed by atoms with van der Waals surface area (Å²) in [6, 6.07) is 0. The Morgan fingerprint density at radius 1 is 1.31 bits per heavy atom. The lowest BCUT2D eigenvalue weighted by molar-refractivity contribution is 0.786. The van der Waals surface area contributed by atoms with Crippen LogP contribution in [-0.4, -0.2) is 21.7 Å². The van der Waals surface area contributed by atoms with Gasteiger partial charge in [-0.1, -0.05) is 29.5 Å². The molecular weight excluding hydrogens is 220 g/mol. The molecule has 1 aromatic rings. The van der Waals surface area contributed by atoms with Crippen LogP contribution in [0.4, 0.5) is 0 Å². The molecule has 0 atom stereocenters. The summed E-state index contributed by atoms with van der Waals surface area (Å²) in [5.41, 5.74) is 0. The molecule has 0 aliphatic carbocycles. The van der Waals surface area contributed by atoms with Crippen LogP contribution in [0.25, 0.3) is 0 Å². The number of rotatable bonds is 6. The molecule has 74 valence electrons. The first-order valence-corrected chi connectivity index (χ1v) is 6.80. The molecule has 0 aliphatic rings. The van der Waals surface area contributed by atoms with Gasteiger partial charge in [-0.15, -0.1) is 10.2 Å². The van der Waals surface area contributed by atoms with Crippen molar-refractivity contribution in [1.82, 2.24) is 10.2 Å². The molecule has 0 bridgehead atoms. The Bertz CT molecular complexity index is 237. The summed E-state index contributed by atoms with van der Waals surface area (Å²) < 4.78 is 1.10. The van der Waals surface area contributed by atoms with Crippen LogP contribution < -0.4 is 0 Å². The van der Waals surface area contributed by atoms with Crippen LogP contribution in [0.15, 0.2) is 4.34 Å². The molecule has 0 N–H and O–H groups in total. The Balaban J connectivity index is 2.06. The minimum atomic E-state index is 1.00. The molecule has 1 rings (SSSR count). The molecule has 1 aromatic heterocycles. The molecule has 0 spiro atoms. The molecule has 0 aromatic carbocycles. The van der Waals surface area contributed by atoms with Crippen molar-refractivity contribution in [2.75, 3.05) is 11.5 Å². The Labute approximate surface area is 92.9 Å². The number of thiol groups is 1. The molecule has 0 radical (unpaired) electrons. The third kappa shape index (κ3) is 4.88. The summed E-state index contributed by atoms with van der Waals surface area (Å²) in [5.74, 6) is 2.16. The van der Waals surface area contributed by atoms with E-state index in [1.54, 1.807) is 11.3 Å². The zero-order valence-corrected chi connectivity index (χ0v) is 10.2. The third-order valence-corrected chi connectivity index (χ3v) is 3.91. The smallest absolute Gasteiger partial charge is 0.174 e. The minimum Gasteiger partial charge on any atom is -0.179 e. The van der Waals surface area contributed by atoms with Gasteiger partial charge in [0.25, 0.3) is 0 Å². The predicted molar refractivity (Wildman–Crippen MR) is 63.1 cm³/mol. The molecule has 5 heteroatoms. The molecule has 0 saturated carbocycles. The fourth-order valence-electron chi connectivity index (χ4n) is 0.887. The van der Waals surface area contributed by atoms with E-state index >= 15 is 0 Å². The van der Waals surface area contributed by atoms with E-state index in [9.17, 15) is 0 Å². The highest BCUT2D eigenvalue weighted by Gasteiger charge is 1.99. The van der Waals surface area contributed by atoms with Crippen molar-refractivity contribution in [3.63, 3.8) is 0 Å². The second-order valence-corrected chi connectivity index (χ2v) is 5.69. The molecule has 13 heavy (non-hydrogen) atoms. The van der Waals surface area contributed by atoms with Crippen molar-refractivity contribution in [2.24, 2.45) is 0 Å². The lowest BCUT2D eigenvalue weighted by Crippen LogP contribution is -1.82. The van der Waals surface area contributed by atoms with E-state index in [1.807, 2.05) is 18.7 Å². The summed E-state index contributed by atoms with van der Waals surface area (Å²) in [6.07, 6.45) is 3.75. The number of hydrogen-bond acceptors (Lipinski definition) is 5. The maximum Gasteiger partial charge on any atom is 0.174 e. The van der Waals surface area contributed by atoms with E-state index in [2.05, 4.69) is 22.8 Å². The summed E-state index contributed by atoms with van der Waals surface area (Å²) in [6.45, 7) is 1.99. The van der Waals surface area contributed by atoms with Gasteiger partial charge in [0.05, 0.1) is 0 Å². The Morgan fingerprint density at radius 3 is 2.77 bits per heavy atom. The van der Waals surface area contributed by atoms with E-state index in [4.69, 9.17) is 0 Å². The Morgan fingerprint density at radius 2 is 2.15 bits per heavy atom. The van der Waals surface area contributed by atoms with Gasteiger partial charge in [0.2, 0.25) is 0 Å². The van der Waals surface area contributed by atoms with Gasteiger partial charge in [-0.25, -0.2) is 0 Å². The Kier molecular flexibility index (Phi) is 5.82. The predicted octanol–water partition coefficient (Wildman–Crippen LogP) is 3.04. The van der Waals surface area contributed by atoms with Gasteiger partial charge in [0, 0.05) is 5.75 Å². The Hall–Kier alpha value is 0.260. The number of nitrogens with zero attached hydrogens (tertiary/aromatic N) is 2. The number of aryl methyl sites for hydroxylation is 1. The van der Waals surface area contributed by atoms with Crippen LogP contribution in [0.2, 0.25) is 0 Å². The molecule has 0 fully saturated rings. The molecule has 1 heterocycles. The second-order valence-electron chi connectivity index (χ2n) is 2.72. The van der Waals surface area contributed by atoms with Gasteiger partial charge in [-0.2, -0.15) is 12.6 Å². The fraction of sp³-hybridized carbons (Fsp3) is 0.750. The second kappa shape index (κ2) is 6.68. The van der Waals surface area contributed by atoms with Crippen molar-refractivity contribution < 1.29 is 0 Å². The lowest BCUT2D eigenvalue weighted by Gasteiger charge is -1.95. The fourth-order valence-corrected chi connectivity index (χ4v) is 3.00. The first kappa shape index (κ1) is 11.3. The first-order chi connectivity index (χ1) is 6.33. The molecule has 0 saturated heterocycles. The largest absolute Gasteiger partial charge is 0.179 e. The van der Waals surface area contributed by atoms with Gasteiger partial charge >= 0.3 is 0 Å². The number of hydrogen-bond donors (Lipinski definition) is 1. The van der Waals surface area contributed by atoms with Crippen molar-refractivity contribution in [3.05, 3.63) is 5.01 Å². The van der Waals surface area contributed by atoms with Crippen molar-refractivity contribution in [3.8, 4) is 0 Å². The molecule has 0 amide bonds. The number of thioether (sulfide) groups is 1. The molecule has 2 nitrogen and oxygen atoms in total. The van der Waals surface area contributed by atoms with E-state index in [-0.39, 0.29) is 0 Å². The highest BCUT2D eigenvalue weighted by molar-refractivity contribution is 8.01. The van der Waals surface area contributed by atoms with Crippen molar-refractivity contribution in [1.29, 1.82) is 0 Å². The molecule has 0 aliphatic heterocycles. The van der Waals surface area contributed by atoms with Crippen LogP contribution in [0.5, 0.6) is 0 Å². The maximum atomic E-state index is 4.17. The third-order valence-electron chi connectivity index (χ3n) is 1.54. The summed E-state index contributed by atoms with van der Waals surface area (Å²) in [7, 11) is 0. The van der Waals surface area contributed by atoms with Gasteiger partial charge in [-0.05, 0) is 25.5 Å². The van der Waals surface area contributed by atoms with Gasteiger partial charge < -0.3 is 0 Å². The summed E-state index contributed by atoms with van der Waals surface area (Å²) in [4.78, 5) is 0. The highest BCUT2D eigenvalue weighted by atomic mass is 32.2. The van der Waals surface area contributed by atoms with E-state index in [0.717, 1.165) is 20.9 Å². The maximum absolute atomic E-state index is 4.17. The van der Waals surface area contributed by atoms with Crippen LogP contribution in [0.1, 0.15) is 24.3 Å². The van der Waals surface area contributed by atoms with E-state index in [1.165, 1.54) is 19.3 Å². The number of aromatic nitrogens is 2. The zero-order chi connectivity index (χ0) is 9.52. The van der Waals surface area contributed by atoms with E-state index < -0.39 is 0 Å². The van der Waals surface area contributed by atoms with Gasteiger partial charge in [-0.3, -0.25) is 0 Å². The van der Waals surface area contributed by atoms with Crippen LogP contribution >= 0.6 is 35.7 Å². The zero-order valence-electron chi connectivity index (χ0n) is 7.69. The highest BCUT2D eigenvalue weighted by Crippen LogP contribution is 2.22.